The first kappa shape index (κ1) is 57.3. The lowest BCUT2D eigenvalue weighted by Crippen LogP contribution is -2.61. The third kappa shape index (κ3) is 23.3. The first-order chi connectivity index (χ1) is 26.5. The molecule has 1 saturated heterocycles. The number of urea groups is 1. The van der Waals surface area contributed by atoms with Crippen LogP contribution in [0.1, 0.15) is 160 Å². The Balaban J connectivity index is -0.00000229. The van der Waals surface area contributed by atoms with Gasteiger partial charge in [-0.1, -0.05) is 114 Å². The van der Waals surface area contributed by atoms with Crippen LogP contribution in [0.15, 0.2) is 12.7 Å². The molecule has 1 atom stereocenters. The average Bonchev–Trinajstić information content (AvgIpc) is 3.18. The van der Waals surface area contributed by atoms with Crippen LogP contribution in [-0.2, 0) is 33.8 Å². The minimum Gasteiger partial charge on any atom is -0.381 e. The number of hydrogen-bond acceptors (Lipinski definition) is 8. The Morgan fingerprint density at radius 1 is 0.857 bits per heavy atom. The summed E-state index contributed by atoms with van der Waals surface area (Å²) in [6.07, 6.45) is 10.9. The van der Waals surface area contributed by atoms with Gasteiger partial charge in [0.1, 0.15) is 6.04 Å². The number of hydrogen-bond donors (Lipinski definition) is 4. The smallest absolute Gasteiger partial charge is 0.315 e. The highest BCUT2D eigenvalue weighted by Crippen LogP contribution is 2.36. The fraction of sp³-hybridized carbons (Fsp3) is 0.833. The largest absolute Gasteiger partial charge is 0.381 e. The Morgan fingerprint density at radius 2 is 1.39 bits per heavy atom. The Labute approximate surface area is 342 Å². The Bertz CT molecular complexity index is 1210. The number of carbonyl (C=O) groups excluding carboxylic acids is 5. The number of nitrogens with zero attached hydrogens (tertiary/aromatic N) is 1. The van der Waals surface area contributed by atoms with Crippen LogP contribution in [0.4, 0.5) is 4.79 Å². The average molecular weight is 818 g/mol. The summed E-state index contributed by atoms with van der Waals surface area (Å²) < 4.78 is 31.8. The zero-order chi connectivity index (χ0) is 43.8. The third-order valence-corrected chi connectivity index (χ3v) is 12.1. The maximum atomic E-state index is 13.6. The van der Waals surface area contributed by atoms with E-state index >= 15 is 0 Å². The topological polar surface area (TPSA) is 180 Å². The summed E-state index contributed by atoms with van der Waals surface area (Å²) in [5, 5.41) is 10.6. The molecule has 330 valence electrons. The molecule has 5 amide bonds. The van der Waals surface area contributed by atoms with E-state index in [-0.39, 0.29) is 36.5 Å². The predicted molar refractivity (Wildman–Crippen MR) is 230 cm³/mol. The van der Waals surface area contributed by atoms with Gasteiger partial charge in [0, 0.05) is 39.8 Å². The summed E-state index contributed by atoms with van der Waals surface area (Å²) in [5.41, 5.74) is -0.903. The highest BCUT2D eigenvalue weighted by molar-refractivity contribution is 7.92. The van der Waals surface area contributed by atoms with Crippen LogP contribution in [0.2, 0.25) is 0 Å². The third-order valence-electron chi connectivity index (χ3n) is 9.31. The summed E-state index contributed by atoms with van der Waals surface area (Å²) in [6, 6.07) is -1.39. The van der Waals surface area contributed by atoms with Crippen LogP contribution < -0.4 is 21.3 Å². The van der Waals surface area contributed by atoms with E-state index in [0.717, 1.165) is 19.3 Å². The molecule has 14 heteroatoms. The molecule has 2 rings (SSSR count). The monoisotopic (exact) mass is 818 g/mol. The van der Waals surface area contributed by atoms with Gasteiger partial charge in [-0.25, -0.2) is 13.2 Å². The lowest BCUT2D eigenvalue weighted by Gasteiger charge is -2.42. The van der Waals surface area contributed by atoms with Gasteiger partial charge in [-0.05, 0) is 51.4 Å². The van der Waals surface area contributed by atoms with Gasteiger partial charge in [0.2, 0.25) is 17.6 Å². The molecule has 0 spiro atoms. The highest BCUT2D eigenvalue weighted by Gasteiger charge is 2.47. The van der Waals surface area contributed by atoms with E-state index in [1.807, 2.05) is 41.5 Å². The van der Waals surface area contributed by atoms with Crippen molar-refractivity contribution in [3.05, 3.63) is 12.7 Å². The summed E-state index contributed by atoms with van der Waals surface area (Å²) in [7, 11) is -1.93. The van der Waals surface area contributed by atoms with Crippen molar-refractivity contribution in [2.24, 2.45) is 5.92 Å². The minimum absolute atomic E-state index is 0.120. The van der Waals surface area contributed by atoms with Crippen molar-refractivity contribution in [1.82, 2.24) is 26.2 Å². The predicted octanol–water partition coefficient (Wildman–Crippen LogP) is 6.89. The molecule has 2 aliphatic rings. The number of amides is 5. The number of ketones is 1. The van der Waals surface area contributed by atoms with E-state index in [1.165, 1.54) is 30.2 Å². The van der Waals surface area contributed by atoms with Gasteiger partial charge in [0.15, 0.2) is 9.84 Å². The van der Waals surface area contributed by atoms with E-state index in [1.54, 1.807) is 14.0 Å². The van der Waals surface area contributed by atoms with E-state index in [4.69, 9.17) is 4.74 Å². The highest BCUT2D eigenvalue weighted by atomic mass is 32.2. The first-order valence-electron chi connectivity index (χ1n) is 21.3. The Hall–Kier alpha value is -3.00. The molecule has 0 aromatic heterocycles. The molecule has 0 bridgehead atoms. The number of ether oxygens (including phenoxy) is 1. The second-order valence-corrected chi connectivity index (χ2v) is 17.1. The molecule has 0 radical (unpaired) electrons. The van der Waals surface area contributed by atoms with Crippen molar-refractivity contribution >= 4 is 39.4 Å². The number of likely N-dealkylation sites (N-methyl/N-ethyl adjacent to an activating group) is 1. The van der Waals surface area contributed by atoms with Crippen LogP contribution in [0.3, 0.4) is 0 Å². The van der Waals surface area contributed by atoms with Gasteiger partial charge in [-0.2, -0.15) is 0 Å². The summed E-state index contributed by atoms with van der Waals surface area (Å²) in [4.78, 5) is 63.6. The molecule has 0 aromatic rings. The maximum absolute atomic E-state index is 13.6. The molecule has 56 heavy (non-hydrogen) atoms. The molecular weight excluding hydrogens is 735 g/mol. The van der Waals surface area contributed by atoms with Crippen molar-refractivity contribution in [2.45, 2.75) is 176 Å². The second-order valence-electron chi connectivity index (χ2n) is 14.6. The lowest BCUT2D eigenvalue weighted by molar-refractivity contribution is -0.137. The Kier molecular flexibility index (Phi) is 33.8. The number of unbranched alkanes of at least 4 members (excludes halogenated alkanes) is 2. The van der Waals surface area contributed by atoms with Gasteiger partial charge < -0.3 is 30.9 Å². The number of nitrogens with one attached hydrogen (secondary N) is 4. The summed E-state index contributed by atoms with van der Waals surface area (Å²) >= 11 is 0. The molecule has 13 nitrogen and oxygen atoms in total. The fourth-order valence-corrected chi connectivity index (χ4v) is 7.94. The molecule has 1 unspecified atom stereocenters. The molecular formula is C42H83N5O8S. The SMILES string of the molecule is C=CCNC(=O)C(=O)CNC(=O)CCCCN(C)C(=O)C(NC(=O)NC1(CS(=O)(=O)C2(C)CCOCC2)CCCCC1)C(C)C.CC.CC.CCC.CCCC. The number of Topliss-reactive ketones (excluding diaryl/α,β-unsaturated/α-hetero) is 1. The second kappa shape index (κ2) is 33.0. The number of rotatable bonds is 18. The van der Waals surface area contributed by atoms with E-state index < -0.39 is 50.4 Å². The lowest BCUT2D eigenvalue weighted by atomic mass is 9.83. The van der Waals surface area contributed by atoms with Crippen molar-refractivity contribution in [3.63, 3.8) is 0 Å². The van der Waals surface area contributed by atoms with Gasteiger partial charge >= 0.3 is 6.03 Å². The zero-order valence-electron chi connectivity index (χ0n) is 37.5. The van der Waals surface area contributed by atoms with E-state index in [2.05, 4.69) is 55.5 Å². The van der Waals surface area contributed by atoms with Gasteiger partial charge in [-0.3, -0.25) is 19.2 Å². The van der Waals surface area contributed by atoms with Crippen molar-refractivity contribution in [2.75, 3.05) is 45.6 Å². The summed E-state index contributed by atoms with van der Waals surface area (Å²) in [6.45, 7) is 26.4. The van der Waals surface area contributed by atoms with Crippen LogP contribution in [-0.4, -0.2) is 105 Å². The van der Waals surface area contributed by atoms with E-state index in [9.17, 15) is 32.4 Å². The van der Waals surface area contributed by atoms with Gasteiger partial charge in [0.05, 0.1) is 22.6 Å². The molecule has 1 aliphatic carbocycles. The van der Waals surface area contributed by atoms with Crippen molar-refractivity contribution in [3.8, 4) is 0 Å². The molecule has 0 aromatic carbocycles. The normalized spacial score (nSPS) is 15.7. The summed E-state index contributed by atoms with van der Waals surface area (Å²) in [5.74, 6) is -2.59. The van der Waals surface area contributed by atoms with E-state index in [0.29, 0.717) is 58.3 Å². The molecule has 1 saturated carbocycles. The first-order valence-corrected chi connectivity index (χ1v) is 23.0. The van der Waals surface area contributed by atoms with Crippen LogP contribution in [0, 0.1) is 5.92 Å². The van der Waals surface area contributed by atoms with Crippen LogP contribution >= 0.6 is 0 Å². The Morgan fingerprint density at radius 3 is 1.88 bits per heavy atom. The van der Waals surface area contributed by atoms with Crippen molar-refractivity contribution < 1.29 is 37.1 Å². The van der Waals surface area contributed by atoms with Gasteiger partial charge in [-0.15, -0.1) is 6.58 Å². The van der Waals surface area contributed by atoms with Crippen molar-refractivity contribution in [1.29, 1.82) is 0 Å². The van der Waals surface area contributed by atoms with Crippen LogP contribution in [0.25, 0.3) is 0 Å². The fourth-order valence-electron chi connectivity index (χ4n) is 5.71. The molecule has 1 heterocycles. The molecule has 2 fully saturated rings. The number of sulfone groups is 1. The quantitative estimate of drug-likeness (QED) is 0.0656. The maximum Gasteiger partial charge on any atom is 0.315 e. The van der Waals surface area contributed by atoms with Crippen LogP contribution in [0.5, 0.6) is 0 Å². The standard InChI is InChI=1S/C31H53N5O8S.C4H10.C3H8.2C2H6/c1-6-17-32-27(39)24(37)21-33-25(38)12-8-11-18-36(5)28(40)26(23(2)3)34-29(41)35-31(13-9-7-10-14-31)22-45(42,43)30(4)15-19-44-20-16-30;1-3-4-2;1-3-2;2*1-2/h6,23,26H,1,7-22H2,2-5H3,(H,32,39)(H,33,38)(H2,34,35,41);3-4H2,1-2H3;3H2,1-2H3;2*1-2H3. The minimum atomic E-state index is -3.56. The molecule has 1 aliphatic heterocycles. The zero-order valence-corrected chi connectivity index (χ0v) is 38.3. The number of carbonyl (C=O) groups is 5. The molecule has 4 N–H and O–H groups in total. The van der Waals surface area contributed by atoms with Gasteiger partial charge in [0.25, 0.3) is 5.91 Å².